The minimum atomic E-state index is -0.151. The van der Waals surface area contributed by atoms with Crippen LogP contribution in [-0.2, 0) is 4.74 Å². The minimum Gasteiger partial charge on any atom is -0.367 e. The highest BCUT2D eigenvalue weighted by molar-refractivity contribution is 5.50. The van der Waals surface area contributed by atoms with Crippen LogP contribution in [0.1, 0.15) is 46.1 Å². The van der Waals surface area contributed by atoms with Crippen molar-refractivity contribution in [2.75, 3.05) is 18.0 Å². The van der Waals surface area contributed by atoms with Gasteiger partial charge >= 0.3 is 0 Å². The average molecular weight is 290 g/mol. The van der Waals surface area contributed by atoms with Gasteiger partial charge in [0.25, 0.3) is 0 Å². The molecular weight excluding hydrogens is 260 g/mol. The summed E-state index contributed by atoms with van der Waals surface area (Å²) in [6.45, 7) is 12.6. The number of rotatable bonds is 5. The van der Waals surface area contributed by atoms with Crippen LogP contribution in [0.25, 0.3) is 0 Å². The van der Waals surface area contributed by atoms with Crippen LogP contribution < -0.4 is 10.6 Å². The molecule has 1 heterocycles. The van der Waals surface area contributed by atoms with Gasteiger partial charge in [0.05, 0.1) is 17.2 Å². The van der Waals surface area contributed by atoms with Crippen molar-refractivity contribution in [2.24, 2.45) is 5.73 Å². The largest absolute Gasteiger partial charge is 0.367 e. The highest BCUT2D eigenvalue weighted by atomic mass is 16.5. The molecule has 1 aliphatic heterocycles. The molecule has 0 amide bonds. The normalized spacial score (nSPS) is 23.2. The molecule has 3 heteroatoms. The summed E-state index contributed by atoms with van der Waals surface area (Å²) < 4.78 is 6.29. The van der Waals surface area contributed by atoms with Gasteiger partial charge in [-0.15, -0.1) is 0 Å². The van der Waals surface area contributed by atoms with E-state index in [0.29, 0.717) is 6.04 Å². The van der Waals surface area contributed by atoms with Crippen LogP contribution in [0.5, 0.6) is 0 Å². The molecule has 0 radical (unpaired) electrons. The number of benzene rings is 1. The van der Waals surface area contributed by atoms with Crippen molar-refractivity contribution in [3.63, 3.8) is 0 Å². The van der Waals surface area contributed by atoms with Crippen LogP contribution in [-0.4, -0.2) is 30.3 Å². The molecule has 0 aliphatic carbocycles. The molecule has 0 aromatic heterocycles. The number of anilines is 1. The molecule has 1 aromatic carbocycles. The first kappa shape index (κ1) is 16.3. The standard InChI is InChI=1S/C18H30N2O/c1-14-8-6-9-15(12-14)20(11-7-10-19)16-13-17(2,3)21-18(16,4)5/h6,8-9,12,16H,7,10-11,13,19H2,1-5H3. The number of aryl methyl sites for hydroxylation is 1. The summed E-state index contributed by atoms with van der Waals surface area (Å²) in [5.74, 6) is 0. The summed E-state index contributed by atoms with van der Waals surface area (Å²) >= 11 is 0. The second kappa shape index (κ2) is 5.98. The van der Waals surface area contributed by atoms with E-state index in [1.807, 2.05) is 0 Å². The number of ether oxygens (including phenoxy) is 1. The first-order chi connectivity index (χ1) is 9.75. The summed E-state index contributed by atoms with van der Waals surface area (Å²) in [6, 6.07) is 9.11. The van der Waals surface area contributed by atoms with E-state index in [9.17, 15) is 0 Å². The highest BCUT2D eigenvalue weighted by Gasteiger charge is 2.48. The zero-order chi connectivity index (χ0) is 15.7. The van der Waals surface area contributed by atoms with Gasteiger partial charge in [0.1, 0.15) is 0 Å². The fourth-order valence-electron chi connectivity index (χ4n) is 3.55. The fraction of sp³-hybridized carbons (Fsp3) is 0.667. The van der Waals surface area contributed by atoms with E-state index in [-0.39, 0.29) is 11.2 Å². The molecule has 0 saturated carbocycles. The van der Waals surface area contributed by atoms with Gasteiger partial charge in [-0.3, -0.25) is 0 Å². The third-order valence-corrected chi connectivity index (χ3v) is 4.34. The molecule has 3 nitrogen and oxygen atoms in total. The molecular formula is C18H30N2O. The Morgan fingerprint density at radius 3 is 2.52 bits per heavy atom. The van der Waals surface area contributed by atoms with E-state index >= 15 is 0 Å². The summed E-state index contributed by atoms with van der Waals surface area (Å²) in [5.41, 5.74) is 8.10. The Hall–Kier alpha value is -1.06. The molecule has 2 rings (SSSR count). The summed E-state index contributed by atoms with van der Waals surface area (Å²) in [6.07, 6.45) is 2.04. The molecule has 21 heavy (non-hydrogen) atoms. The maximum atomic E-state index is 6.29. The first-order valence-electron chi connectivity index (χ1n) is 7.99. The molecule has 1 saturated heterocycles. The molecule has 118 valence electrons. The van der Waals surface area contributed by atoms with Crippen molar-refractivity contribution >= 4 is 5.69 Å². The van der Waals surface area contributed by atoms with Gasteiger partial charge < -0.3 is 15.4 Å². The lowest BCUT2D eigenvalue weighted by molar-refractivity contribution is -0.0679. The fourth-order valence-corrected chi connectivity index (χ4v) is 3.55. The quantitative estimate of drug-likeness (QED) is 0.902. The maximum absolute atomic E-state index is 6.29. The Kier molecular flexibility index (Phi) is 4.64. The molecule has 1 fully saturated rings. The second-order valence-corrected chi connectivity index (χ2v) is 7.36. The number of nitrogens with zero attached hydrogens (tertiary/aromatic N) is 1. The molecule has 1 atom stereocenters. The van der Waals surface area contributed by atoms with E-state index in [1.165, 1.54) is 11.3 Å². The van der Waals surface area contributed by atoms with Gasteiger partial charge in [-0.05, 0) is 71.7 Å². The summed E-state index contributed by atoms with van der Waals surface area (Å²) in [5, 5.41) is 0. The van der Waals surface area contributed by atoms with Crippen molar-refractivity contribution in [3.05, 3.63) is 29.8 Å². The predicted molar refractivity (Wildman–Crippen MR) is 89.8 cm³/mol. The minimum absolute atomic E-state index is 0.0705. The molecule has 1 unspecified atom stereocenters. The van der Waals surface area contributed by atoms with Crippen molar-refractivity contribution in [3.8, 4) is 0 Å². The smallest absolute Gasteiger partial charge is 0.0837 e. The average Bonchev–Trinajstić information content (AvgIpc) is 2.58. The van der Waals surface area contributed by atoms with E-state index in [4.69, 9.17) is 10.5 Å². The Balaban J connectivity index is 2.32. The van der Waals surface area contributed by atoms with Crippen LogP contribution >= 0.6 is 0 Å². The zero-order valence-electron chi connectivity index (χ0n) is 14.1. The lowest BCUT2D eigenvalue weighted by Gasteiger charge is -2.38. The first-order valence-corrected chi connectivity index (χ1v) is 7.99. The number of hydrogen-bond donors (Lipinski definition) is 1. The maximum Gasteiger partial charge on any atom is 0.0837 e. The van der Waals surface area contributed by atoms with E-state index in [1.54, 1.807) is 0 Å². The molecule has 0 spiro atoms. The van der Waals surface area contributed by atoms with Crippen LogP contribution in [0, 0.1) is 6.92 Å². The third-order valence-electron chi connectivity index (χ3n) is 4.34. The Morgan fingerprint density at radius 2 is 2.00 bits per heavy atom. The van der Waals surface area contributed by atoms with Gasteiger partial charge in [-0.1, -0.05) is 12.1 Å². The molecule has 0 bridgehead atoms. The Labute approximate surface area is 129 Å². The van der Waals surface area contributed by atoms with Crippen molar-refractivity contribution < 1.29 is 4.74 Å². The Bertz CT molecular complexity index is 482. The number of hydrogen-bond acceptors (Lipinski definition) is 3. The van der Waals surface area contributed by atoms with E-state index in [0.717, 1.165) is 25.9 Å². The van der Waals surface area contributed by atoms with E-state index in [2.05, 4.69) is 63.8 Å². The summed E-state index contributed by atoms with van der Waals surface area (Å²) in [4.78, 5) is 2.49. The van der Waals surface area contributed by atoms with Gasteiger partial charge in [-0.2, -0.15) is 0 Å². The van der Waals surface area contributed by atoms with Crippen LogP contribution in [0.4, 0.5) is 5.69 Å². The SMILES string of the molecule is Cc1cccc(N(CCCN)C2CC(C)(C)OC2(C)C)c1. The number of nitrogens with two attached hydrogens (primary N) is 1. The predicted octanol–water partition coefficient (Wildman–Crippen LogP) is 3.50. The zero-order valence-corrected chi connectivity index (χ0v) is 14.1. The van der Waals surface area contributed by atoms with Crippen molar-refractivity contribution in [1.82, 2.24) is 0 Å². The lowest BCUT2D eigenvalue weighted by atomic mass is 9.92. The third kappa shape index (κ3) is 3.78. The summed E-state index contributed by atoms with van der Waals surface area (Å²) in [7, 11) is 0. The van der Waals surface area contributed by atoms with Crippen molar-refractivity contribution in [1.29, 1.82) is 0 Å². The second-order valence-electron chi connectivity index (χ2n) is 7.36. The monoisotopic (exact) mass is 290 g/mol. The molecule has 1 aliphatic rings. The van der Waals surface area contributed by atoms with Crippen molar-refractivity contribution in [2.45, 2.75) is 64.7 Å². The molecule has 1 aromatic rings. The van der Waals surface area contributed by atoms with Crippen LogP contribution in [0.15, 0.2) is 24.3 Å². The van der Waals surface area contributed by atoms with Gasteiger partial charge in [0, 0.05) is 12.2 Å². The highest BCUT2D eigenvalue weighted by Crippen LogP contribution is 2.41. The van der Waals surface area contributed by atoms with Crippen LogP contribution in [0.3, 0.4) is 0 Å². The van der Waals surface area contributed by atoms with Gasteiger partial charge in [0.2, 0.25) is 0 Å². The van der Waals surface area contributed by atoms with Gasteiger partial charge in [0.15, 0.2) is 0 Å². The topological polar surface area (TPSA) is 38.5 Å². The van der Waals surface area contributed by atoms with Gasteiger partial charge in [-0.25, -0.2) is 0 Å². The lowest BCUT2D eigenvalue weighted by Crippen LogP contribution is -2.47. The molecule has 2 N–H and O–H groups in total. The van der Waals surface area contributed by atoms with E-state index < -0.39 is 0 Å². The van der Waals surface area contributed by atoms with Crippen LogP contribution in [0.2, 0.25) is 0 Å². The Morgan fingerprint density at radius 1 is 1.29 bits per heavy atom.